The topological polar surface area (TPSA) is 29.3 Å². The minimum Gasteiger partial charge on any atom is -0.393 e. The summed E-state index contributed by atoms with van der Waals surface area (Å²) in [5.74, 6) is 0. The molecule has 0 spiro atoms. The molecule has 0 amide bonds. The SMILES string of the molecule is CC1(C)CCN(CCCC(C)(C)C(N)=S)C1. The van der Waals surface area contributed by atoms with Crippen molar-refractivity contribution in [3.63, 3.8) is 0 Å². The highest BCUT2D eigenvalue weighted by Crippen LogP contribution is 2.29. The summed E-state index contributed by atoms with van der Waals surface area (Å²) in [4.78, 5) is 3.21. The van der Waals surface area contributed by atoms with E-state index < -0.39 is 0 Å². The van der Waals surface area contributed by atoms with Crippen molar-refractivity contribution in [1.82, 2.24) is 4.90 Å². The Morgan fingerprint density at radius 1 is 1.44 bits per heavy atom. The zero-order chi connectivity index (χ0) is 12.4. The summed E-state index contributed by atoms with van der Waals surface area (Å²) in [5, 5.41) is 0. The second-order valence-electron chi connectivity index (χ2n) is 6.54. The van der Waals surface area contributed by atoms with E-state index in [1.165, 1.54) is 32.5 Å². The number of nitrogens with zero attached hydrogens (tertiary/aromatic N) is 1. The van der Waals surface area contributed by atoms with E-state index in [2.05, 4.69) is 32.6 Å². The molecule has 0 aromatic carbocycles. The number of thiocarbonyl (C=S) groups is 1. The van der Waals surface area contributed by atoms with Crippen LogP contribution in [0.4, 0.5) is 0 Å². The fourth-order valence-electron chi connectivity index (χ4n) is 2.28. The van der Waals surface area contributed by atoms with Crippen molar-refractivity contribution >= 4 is 17.2 Å². The third kappa shape index (κ3) is 4.02. The lowest BCUT2D eigenvalue weighted by atomic mass is 9.88. The summed E-state index contributed by atoms with van der Waals surface area (Å²) in [5.41, 5.74) is 6.26. The fraction of sp³-hybridized carbons (Fsp3) is 0.923. The number of likely N-dealkylation sites (tertiary alicyclic amines) is 1. The van der Waals surface area contributed by atoms with Crippen LogP contribution in [-0.2, 0) is 0 Å². The summed E-state index contributed by atoms with van der Waals surface area (Å²) in [7, 11) is 0. The summed E-state index contributed by atoms with van der Waals surface area (Å²) in [6, 6.07) is 0. The highest BCUT2D eigenvalue weighted by atomic mass is 32.1. The van der Waals surface area contributed by atoms with Gasteiger partial charge in [-0.2, -0.15) is 0 Å². The van der Waals surface area contributed by atoms with Gasteiger partial charge in [-0.1, -0.05) is 39.9 Å². The highest BCUT2D eigenvalue weighted by Gasteiger charge is 2.29. The molecule has 0 radical (unpaired) electrons. The molecule has 1 aliphatic heterocycles. The molecule has 2 nitrogen and oxygen atoms in total. The van der Waals surface area contributed by atoms with E-state index in [1.54, 1.807) is 0 Å². The molecule has 2 N–H and O–H groups in total. The van der Waals surface area contributed by atoms with Crippen molar-refractivity contribution in [2.24, 2.45) is 16.6 Å². The van der Waals surface area contributed by atoms with Crippen LogP contribution in [0.3, 0.4) is 0 Å². The first kappa shape index (κ1) is 13.9. The molecule has 94 valence electrons. The third-order valence-electron chi connectivity index (χ3n) is 3.70. The van der Waals surface area contributed by atoms with Crippen LogP contribution in [0.15, 0.2) is 0 Å². The van der Waals surface area contributed by atoms with Gasteiger partial charge in [0.1, 0.15) is 0 Å². The molecule has 0 aromatic heterocycles. The Kier molecular flexibility index (Phi) is 4.35. The Hall–Kier alpha value is -0.150. The van der Waals surface area contributed by atoms with Crippen LogP contribution in [0.5, 0.6) is 0 Å². The maximum Gasteiger partial charge on any atom is 0.0784 e. The molecule has 1 saturated heterocycles. The van der Waals surface area contributed by atoms with Gasteiger partial charge in [-0.3, -0.25) is 0 Å². The van der Waals surface area contributed by atoms with Gasteiger partial charge in [0.05, 0.1) is 4.99 Å². The maximum atomic E-state index is 5.73. The Balaban J connectivity index is 2.25. The summed E-state index contributed by atoms with van der Waals surface area (Å²) in [6.07, 6.45) is 3.62. The van der Waals surface area contributed by atoms with Gasteiger partial charge in [-0.05, 0) is 37.8 Å². The molecule has 1 fully saturated rings. The zero-order valence-electron chi connectivity index (χ0n) is 11.2. The van der Waals surface area contributed by atoms with Gasteiger partial charge in [0.15, 0.2) is 0 Å². The molecule has 0 unspecified atom stereocenters. The quantitative estimate of drug-likeness (QED) is 0.752. The molecule has 0 aliphatic carbocycles. The zero-order valence-corrected chi connectivity index (χ0v) is 12.0. The fourth-order valence-corrected chi connectivity index (χ4v) is 2.38. The molecule has 3 heteroatoms. The van der Waals surface area contributed by atoms with Gasteiger partial charge >= 0.3 is 0 Å². The van der Waals surface area contributed by atoms with E-state index in [0.29, 0.717) is 10.4 Å². The highest BCUT2D eigenvalue weighted by molar-refractivity contribution is 7.80. The molecule has 1 rings (SSSR count). The first-order chi connectivity index (χ1) is 7.23. The van der Waals surface area contributed by atoms with Crippen LogP contribution in [-0.4, -0.2) is 29.5 Å². The summed E-state index contributed by atoms with van der Waals surface area (Å²) < 4.78 is 0. The van der Waals surface area contributed by atoms with Crippen LogP contribution in [0.2, 0.25) is 0 Å². The van der Waals surface area contributed by atoms with Crippen LogP contribution in [0, 0.1) is 10.8 Å². The van der Waals surface area contributed by atoms with Crippen molar-refractivity contribution in [2.75, 3.05) is 19.6 Å². The molecule has 0 saturated carbocycles. The van der Waals surface area contributed by atoms with Crippen LogP contribution in [0.1, 0.15) is 47.0 Å². The second-order valence-corrected chi connectivity index (χ2v) is 6.98. The Bertz CT molecular complexity index is 259. The minimum absolute atomic E-state index is 0.0184. The number of hydrogen-bond acceptors (Lipinski definition) is 2. The lowest BCUT2D eigenvalue weighted by Crippen LogP contribution is -2.31. The van der Waals surface area contributed by atoms with Gasteiger partial charge < -0.3 is 10.6 Å². The van der Waals surface area contributed by atoms with Gasteiger partial charge in [-0.25, -0.2) is 0 Å². The smallest absolute Gasteiger partial charge is 0.0784 e. The molecular weight excluding hydrogens is 216 g/mol. The molecule has 1 heterocycles. The van der Waals surface area contributed by atoms with Crippen LogP contribution < -0.4 is 5.73 Å². The molecule has 0 bridgehead atoms. The molecule has 1 aliphatic rings. The lowest BCUT2D eigenvalue weighted by Gasteiger charge is -2.25. The van der Waals surface area contributed by atoms with E-state index >= 15 is 0 Å². The van der Waals surface area contributed by atoms with Crippen LogP contribution >= 0.6 is 12.2 Å². The van der Waals surface area contributed by atoms with Crippen LogP contribution in [0.25, 0.3) is 0 Å². The first-order valence-corrected chi connectivity index (χ1v) is 6.66. The van der Waals surface area contributed by atoms with Crippen molar-refractivity contribution < 1.29 is 0 Å². The standard InChI is InChI=1S/C13H26N2S/c1-12(2)7-9-15(10-12)8-5-6-13(3,4)11(14)16/h5-10H2,1-4H3,(H2,14,16). The summed E-state index contributed by atoms with van der Waals surface area (Å²) >= 11 is 5.08. The predicted molar refractivity (Wildman–Crippen MR) is 74.6 cm³/mol. The minimum atomic E-state index is 0.0184. The Morgan fingerprint density at radius 2 is 2.06 bits per heavy atom. The van der Waals surface area contributed by atoms with Gasteiger partial charge in [-0.15, -0.1) is 0 Å². The first-order valence-electron chi connectivity index (χ1n) is 6.25. The normalized spacial score (nSPS) is 21.2. The molecule has 0 aromatic rings. The molecule has 0 atom stereocenters. The van der Waals surface area contributed by atoms with E-state index in [1.807, 2.05) is 0 Å². The van der Waals surface area contributed by atoms with E-state index in [9.17, 15) is 0 Å². The number of rotatable bonds is 5. The Labute approximate surface area is 106 Å². The second kappa shape index (κ2) is 5.01. The van der Waals surface area contributed by atoms with E-state index in [0.717, 1.165) is 6.42 Å². The average molecular weight is 242 g/mol. The van der Waals surface area contributed by atoms with E-state index in [-0.39, 0.29) is 5.41 Å². The molecule has 16 heavy (non-hydrogen) atoms. The van der Waals surface area contributed by atoms with Gasteiger partial charge in [0.2, 0.25) is 0 Å². The Morgan fingerprint density at radius 3 is 2.50 bits per heavy atom. The predicted octanol–water partition coefficient (Wildman–Crippen LogP) is 2.81. The van der Waals surface area contributed by atoms with Crippen molar-refractivity contribution in [1.29, 1.82) is 0 Å². The van der Waals surface area contributed by atoms with E-state index in [4.69, 9.17) is 18.0 Å². The monoisotopic (exact) mass is 242 g/mol. The van der Waals surface area contributed by atoms with Crippen molar-refractivity contribution in [3.8, 4) is 0 Å². The van der Waals surface area contributed by atoms with Crippen molar-refractivity contribution in [2.45, 2.75) is 47.0 Å². The van der Waals surface area contributed by atoms with Gasteiger partial charge in [0, 0.05) is 12.0 Å². The largest absolute Gasteiger partial charge is 0.393 e. The lowest BCUT2D eigenvalue weighted by molar-refractivity contribution is 0.275. The van der Waals surface area contributed by atoms with Crippen molar-refractivity contribution in [3.05, 3.63) is 0 Å². The maximum absolute atomic E-state index is 5.73. The molecular formula is C13H26N2S. The number of hydrogen-bond donors (Lipinski definition) is 1. The summed E-state index contributed by atoms with van der Waals surface area (Å²) in [6.45, 7) is 12.7. The number of nitrogens with two attached hydrogens (primary N) is 1. The van der Waals surface area contributed by atoms with Gasteiger partial charge in [0.25, 0.3) is 0 Å². The third-order valence-corrected chi connectivity index (χ3v) is 4.25. The average Bonchev–Trinajstić information content (AvgIpc) is 2.45.